The van der Waals surface area contributed by atoms with E-state index in [0.717, 1.165) is 96.3 Å². The van der Waals surface area contributed by atoms with Crippen LogP contribution in [0.15, 0.2) is 72.9 Å². The summed E-state index contributed by atoms with van der Waals surface area (Å²) >= 11 is 0. The van der Waals surface area contributed by atoms with Crippen molar-refractivity contribution in [2.45, 2.75) is 277 Å². The van der Waals surface area contributed by atoms with Gasteiger partial charge in [0.25, 0.3) is 0 Å². The minimum absolute atomic E-state index is 0.128. The molecule has 0 radical (unpaired) electrons. The van der Waals surface area contributed by atoms with Gasteiger partial charge in [-0.1, -0.05) is 229 Å². The van der Waals surface area contributed by atoms with Crippen LogP contribution in [0.3, 0.4) is 0 Å². The fraction of sp³-hybridized carbons (Fsp3) is 0.758. The van der Waals surface area contributed by atoms with E-state index in [9.17, 15) is 28.9 Å². The van der Waals surface area contributed by atoms with Gasteiger partial charge in [0.2, 0.25) is 0 Å². The number of carbonyl (C=O) groups is 3. The summed E-state index contributed by atoms with van der Waals surface area (Å²) in [6.45, 7) is 4.50. The zero-order valence-corrected chi connectivity index (χ0v) is 48.2. The van der Waals surface area contributed by atoms with E-state index in [1.54, 1.807) is 0 Å². The number of aliphatic hydroxyl groups is 1. The van der Waals surface area contributed by atoms with E-state index in [0.29, 0.717) is 19.3 Å². The van der Waals surface area contributed by atoms with Crippen molar-refractivity contribution in [3.05, 3.63) is 72.9 Å². The van der Waals surface area contributed by atoms with Crippen LogP contribution in [-0.2, 0) is 42.2 Å². The van der Waals surface area contributed by atoms with Crippen molar-refractivity contribution in [1.29, 1.82) is 0 Å². The number of hydrogen-bond donors (Lipinski definition) is 2. The topological polar surface area (TPSA) is 155 Å². The van der Waals surface area contributed by atoms with E-state index in [4.69, 9.17) is 23.3 Å². The average Bonchev–Trinajstić information content (AvgIpc) is 3.39. The summed E-state index contributed by atoms with van der Waals surface area (Å²) in [7, 11) is -4.76. The van der Waals surface area contributed by atoms with Crippen LogP contribution in [-0.4, -0.2) is 66.5 Å². The highest BCUT2D eigenvalue weighted by molar-refractivity contribution is 7.47. The van der Waals surface area contributed by atoms with Crippen LogP contribution in [0.4, 0.5) is 0 Å². The Morgan fingerprint density at radius 3 is 1.11 bits per heavy atom. The molecule has 74 heavy (non-hydrogen) atoms. The first-order chi connectivity index (χ1) is 36.2. The lowest BCUT2D eigenvalue weighted by molar-refractivity contribution is -0.161. The van der Waals surface area contributed by atoms with Crippen LogP contribution >= 0.6 is 7.82 Å². The van der Waals surface area contributed by atoms with Gasteiger partial charge in [0, 0.05) is 19.3 Å². The van der Waals surface area contributed by atoms with Crippen LogP contribution in [0.25, 0.3) is 0 Å². The molecule has 0 fully saturated rings. The van der Waals surface area contributed by atoms with E-state index < -0.39 is 57.8 Å². The first-order valence-electron chi connectivity index (χ1n) is 29.8. The number of carbonyl (C=O) groups excluding carboxylic acids is 3. The summed E-state index contributed by atoms with van der Waals surface area (Å²) in [4.78, 5) is 48.5. The van der Waals surface area contributed by atoms with Crippen molar-refractivity contribution in [2.75, 3.05) is 26.4 Å². The maximum atomic E-state index is 12.9. The van der Waals surface area contributed by atoms with Crippen molar-refractivity contribution >= 4 is 25.7 Å². The zero-order valence-electron chi connectivity index (χ0n) is 47.3. The fourth-order valence-electron chi connectivity index (χ4n) is 8.08. The molecule has 0 rings (SSSR count). The lowest BCUT2D eigenvalue weighted by Crippen LogP contribution is -2.30. The lowest BCUT2D eigenvalue weighted by atomic mass is 10.1. The molecule has 0 aromatic heterocycles. The lowest BCUT2D eigenvalue weighted by Gasteiger charge is -2.21. The Morgan fingerprint density at radius 2 is 0.703 bits per heavy atom. The largest absolute Gasteiger partial charge is 0.472 e. The molecule has 0 saturated carbocycles. The van der Waals surface area contributed by atoms with Crippen molar-refractivity contribution in [1.82, 2.24) is 0 Å². The summed E-state index contributed by atoms with van der Waals surface area (Å²) in [6.07, 6.45) is 62.9. The Hall–Kier alpha value is -3.08. The molecule has 0 aliphatic carbocycles. The zero-order chi connectivity index (χ0) is 54.1. The molecule has 3 unspecified atom stereocenters. The molecular weight excluding hydrogens is 952 g/mol. The number of rotatable bonds is 55. The number of phosphoric acid groups is 1. The minimum atomic E-state index is -4.76. The number of allylic oxidation sites excluding steroid dienone is 12. The quantitative estimate of drug-likeness (QED) is 0.0197. The highest BCUT2D eigenvalue weighted by Crippen LogP contribution is 2.43. The Kier molecular flexibility index (Phi) is 53.8. The summed E-state index contributed by atoms with van der Waals surface area (Å²) in [6, 6.07) is 0. The number of hydrogen-bond acceptors (Lipinski definition) is 10. The van der Waals surface area contributed by atoms with Gasteiger partial charge < -0.3 is 24.2 Å². The molecule has 0 aromatic carbocycles. The van der Waals surface area contributed by atoms with E-state index in [-0.39, 0.29) is 25.9 Å². The van der Waals surface area contributed by atoms with Crippen molar-refractivity contribution in [2.24, 2.45) is 0 Å². The van der Waals surface area contributed by atoms with Gasteiger partial charge in [0.05, 0.1) is 19.8 Å². The minimum Gasteiger partial charge on any atom is -0.462 e. The molecule has 428 valence electrons. The Bertz CT molecular complexity index is 1520. The molecule has 0 aliphatic heterocycles. The molecule has 0 heterocycles. The van der Waals surface area contributed by atoms with Crippen molar-refractivity contribution in [3.63, 3.8) is 0 Å². The number of aliphatic hydroxyl groups excluding tert-OH is 1. The van der Waals surface area contributed by atoms with Crippen LogP contribution < -0.4 is 0 Å². The third-order valence-electron chi connectivity index (χ3n) is 12.6. The summed E-state index contributed by atoms with van der Waals surface area (Å²) in [5.41, 5.74) is 0. The van der Waals surface area contributed by atoms with Gasteiger partial charge in [-0.25, -0.2) is 4.57 Å². The van der Waals surface area contributed by atoms with Gasteiger partial charge in [-0.15, -0.1) is 0 Å². The SMILES string of the molecule is CC/C=C\C/C=C\C/C=C\C/C=C\C/C=C\CCCCCC(=O)OC(COC(=O)CCCCCCCCCCCCC)COP(=O)(O)OCC(CO)OC(=O)CCCCCCCCC/C=C\CCCCCCCC. The Balaban J connectivity index is 4.71. The van der Waals surface area contributed by atoms with Crippen LogP contribution in [0.2, 0.25) is 0 Å². The van der Waals surface area contributed by atoms with Gasteiger partial charge >= 0.3 is 25.7 Å². The standard InChI is InChI=1S/C62H109O11P/c1-4-7-10-13-16-19-22-24-26-28-29-31-33-35-38-41-44-47-50-53-62(66)73-59(55-69-60(64)51-48-45-42-39-36-21-18-15-12-9-6-3)57-71-74(67,68)70-56-58(54-63)72-61(65)52-49-46-43-40-37-34-32-30-27-25-23-20-17-14-11-8-5-2/h7,10,16,19,24-27,29,31,35,38,58-59,63H,4-6,8-9,11-15,17-18,20-23,28,30,32-34,36-37,39-57H2,1-3H3,(H,67,68)/b10-7-,19-16-,26-24-,27-25-,31-29-,38-35-. The van der Waals surface area contributed by atoms with Crippen LogP contribution in [0.1, 0.15) is 265 Å². The second-order valence-corrected chi connectivity index (χ2v) is 21.2. The molecule has 11 nitrogen and oxygen atoms in total. The number of phosphoric ester groups is 1. The second-order valence-electron chi connectivity index (χ2n) is 19.8. The highest BCUT2D eigenvalue weighted by Gasteiger charge is 2.28. The number of ether oxygens (including phenoxy) is 3. The first kappa shape index (κ1) is 70.9. The molecule has 0 saturated heterocycles. The average molecular weight is 1060 g/mol. The highest BCUT2D eigenvalue weighted by atomic mass is 31.2. The maximum Gasteiger partial charge on any atom is 0.472 e. The molecule has 0 aromatic rings. The number of unbranched alkanes of at least 4 members (excludes halogenated alkanes) is 26. The Labute approximate surface area is 452 Å². The van der Waals surface area contributed by atoms with E-state index >= 15 is 0 Å². The predicted octanol–water partition coefficient (Wildman–Crippen LogP) is 17.7. The van der Waals surface area contributed by atoms with Crippen LogP contribution in [0.5, 0.6) is 0 Å². The molecular formula is C62H109O11P. The molecule has 2 N–H and O–H groups in total. The monoisotopic (exact) mass is 1060 g/mol. The van der Waals surface area contributed by atoms with E-state index in [2.05, 4.69) is 93.7 Å². The van der Waals surface area contributed by atoms with Gasteiger partial charge in [-0.2, -0.15) is 0 Å². The van der Waals surface area contributed by atoms with Gasteiger partial charge in [0.15, 0.2) is 6.10 Å². The molecule has 0 aliphatic rings. The Morgan fingerprint density at radius 1 is 0.392 bits per heavy atom. The molecule has 12 heteroatoms. The van der Waals surface area contributed by atoms with Crippen LogP contribution in [0, 0.1) is 0 Å². The van der Waals surface area contributed by atoms with E-state index in [1.807, 2.05) is 0 Å². The summed E-state index contributed by atoms with van der Waals surface area (Å²) in [5, 5.41) is 9.83. The summed E-state index contributed by atoms with van der Waals surface area (Å²) in [5.74, 6) is -1.50. The predicted molar refractivity (Wildman–Crippen MR) is 307 cm³/mol. The van der Waals surface area contributed by atoms with Gasteiger partial charge in [0.1, 0.15) is 12.7 Å². The van der Waals surface area contributed by atoms with E-state index in [1.165, 1.54) is 109 Å². The second kappa shape index (κ2) is 56.1. The molecule has 0 amide bonds. The molecule has 0 spiro atoms. The molecule has 3 atom stereocenters. The third kappa shape index (κ3) is 53.7. The summed E-state index contributed by atoms with van der Waals surface area (Å²) < 4.78 is 39.5. The van der Waals surface area contributed by atoms with Gasteiger partial charge in [-0.3, -0.25) is 23.4 Å². The first-order valence-corrected chi connectivity index (χ1v) is 31.3. The smallest absolute Gasteiger partial charge is 0.462 e. The number of esters is 3. The maximum absolute atomic E-state index is 12.9. The van der Waals surface area contributed by atoms with Crippen molar-refractivity contribution < 1.29 is 52.2 Å². The third-order valence-corrected chi connectivity index (χ3v) is 13.6. The molecule has 0 bridgehead atoms. The van der Waals surface area contributed by atoms with Gasteiger partial charge in [-0.05, 0) is 89.9 Å². The normalized spacial score (nSPS) is 13.9. The van der Waals surface area contributed by atoms with Crippen molar-refractivity contribution in [3.8, 4) is 0 Å². The fourth-order valence-corrected chi connectivity index (χ4v) is 8.87.